The van der Waals surface area contributed by atoms with E-state index < -0.39 is 15.7 Å². The fourth-order valence-electron chi connectivity index (χ4n) is 4.72. The van der Waals surface area contributed by atoms with E-state index in [1.807, 2.05) is 0 Å². The normalized spacial score (nSPS) is 18.3. The van der Waals surface area contributed by atoms with Gasteiger partial charge >= 0.3 is 33.0 Å². The average Bonchev–Trinajstić information content (AvgIpc) is 3.40. The third kappa shape index (κ3) is 15.1. The van der Waals surface area contributed by atoms with E-state index in [1.165, 1.54) is 52.7 Å². The van der Waals surface area contributed by atoms with Crippen molar-refractivity contribution in [2.75, 3.05) is 6.61 Å². The second-order valence-corrected chi connectivity index (χ2v) is 15.2. The third-order valence-electron chi connectivity index (χ3n) is 6.70. The minimum Gasteiger partial charge on any atom is -0.0496 e. The molecule has 0 saturated heterocycles. The smallest absolute Gasteiger partial charge is 0 e. The summed E-state index contributed by atoms with van der Waals surface area (Å²) in [6.45, 7) is 9.48. The summed E-state index contributed by atoms with van der Waals surface area (Å²) in [5.41, 5.74) is 3.71. The van der Waals surface area contributed by atoms with Crippen molar-refractivity contribution in [1.29, 1.82) is 0 Å². The number of aryl methyl sites for hydroxylation is 2. The molecular weight excluding hydrogens is 807 g/mol. The zero-order chi connectivity index (χ0) is 32.4. The molecule has 1 fully saturated rings. The third-order valence-corrected chi connectivity index (χ3v) is 9.37. The first-order chi connectivity index (χ1) is 20.5. The van der Waals surface area contributed by atoms with Gasteiger partial charge in [-0.15, -0.1) is 0 Å². The molecule has 1 aliphatic heterocycles. The molecule has 45 heavy (non-hydrogen) atoms. The molecule has 1 atom stereocenters. The van der Waals surface area contributed by atoms with Gasteiger partial charge in [0.05, 0.1) is 6.04 Å². The summed E-state index contributed by atoms with van der Waals surface area (Å²) in [4.78, 5) is 4.98. The first-order valence-electron chi connectivity index (χ1n) is 14.6. The molecular formula is C34H40F6IrNOP2-. The Labute approximate surface area is 278 Å². The first kappa shape index (κ1) is 39.4. The van der Waals surface area contributed by atoms with Gasteiger partial charge in [-0.25, -0.2) is 4.99 Å². The van der Waals surface area contributed by atoms with Gasteiger partial charge < -0.3 is 4.74 Å². The number of rotatable bonds is 5. The number of halogens is 6. The molecule has 5 rings (SSSR count). The van der Waals surface area contributed by atoms with Crippen molar-refractivity contribution in [2.45, 2.75) is 59.4 Å². The summed E-state index contributed by atoms with van der Waals surface area (Å²) in [6.07, 6.45) is 14.0. The fourth-order valence-corrected chi connectivity index (χ4v) is 7.29. The van der Waals surface area contributed by atoms with Crippen molar-refractivity contribution in [3.05, 3.63) is 115 Å². The van der Waals surface area contributed by atoms with Crippen LogP contribution < -0.4 is 15.9 Å². The largest absolute Gasteiger partial charge is 0.0496 e. The van der Waals surface area contributed by atoms with E-state index in [4.69, 9.17) is 9.73 Å². The molecule has 0 aromatic heterocycles. The maximum absolute atomic E-state index is 10.7. The van der Waals surface area contributed by atoms with Crippen molar-refractivity contribution < 1.29 is 50.0 Å². The molecule has 2 nitrogen and oxygen atoms in total. The monoisotopic (exact) mass is 847 g/mol. The molecule has 0 amide bonds. The van der Waals surface area contributed by atoms with Crippen molar-refractivity contribution in [2.24, 2.45) is 10.9 Å². The van der Waals surface area contributed by atoms with Crippen LogP contribution in [0.5, 0.6) is 0 Å². The SMILES string of the molecule is Cc1cc(C)c(P(c2ccccc2)c2ccccc2)c(C2=N[C@@H](C(C)C)CO2)c1.F[P-](F)(F)(F)(F)F.[CH]1[CH]CC[CH][CH]CC1.[Ir]. The Morgan fingerprint density at radius 2 is 1.16 bits per heavy atom. The molecule has 0 spiro atoms. The Balaban J connectivity index is 0.000000364. The van der Waals surface area contributed by atoms with Crippen LogP contribution in [-0.4, -0.2) is 18.5 Å². The Kier molecular flexibility index (Phi) is 14.3. The number of ether oxygens (including phenoxy) is 1. The zero-order valence-corrected chi connectivity index (χ0v) is 30.0. The minimum atomic E-state index is -10.7. The van der Waals surface area contributed by atoms with Gasteiger partial charge in [-0.05, 0) is 101 Å². The van der Waals surface area contributed by atoms with E-state index in [0.29, 0.717) is 12.5 Å². The van der Waals surface area contributed by atoms with Crippen molar-refractivity contribution in [3.63, 3.8) is 0 Å². The predicted molar refractivity (Wildman–Crippen MR) is 175 cm³/mol. The van der Waals surface area contributed by atoms with Crippen molar-refractivity contribution in [1.82, 2.24) is 0 Å². The van der Waals surface area contributed by atoms with Crippen LogP contribution in [0.4, 0.5) is 25.2 Å². The predicted octanol–water partition coefficient (Wildman–Crippen LogP) is 10.6. The summed E-state index contributed by atoms with van der Waals surface area (Å²) >= 11 is 0. The topological polar surface area (TPSA) is 21.6 Å². The Morgan fingerprint density at radius 1 is 0.733 bits per heavy atom. The summed E-state index contributed by atoms with van der Waals surface area (Å²) in [5.74, 6) is 1.29. The van der Waals surface area contributed by atoms with Gasteiger partial charge in [-0.1, -0.05) is 86.1 Å². The molecule has 0 N–H and O–H groups in total. The molecule has 249 valence electrons. The number of hydrogen-bond acceptors (Lipinski definition) is 2. The number of hydrogen-bond donors (Lipinski definition) is 0. The second kappa shape index (κ2) is 16.4. The van der Waals surface area contributed by atoms with Gasteiger partial charge in [0.2, 0.25) is 5.90 Å². The van der Waals surface area contributed by atoms with E-state index >= 15 is 0 Å². The van der Waals surface area contributed by atoms with Crippen LogP contribution in [0.2, 0.25) is 0 Å². The average molecular weight is 847 g/mol. The Hall–Kier alpha value is -1.78. The van der Waals surface area contributed by atoms with E-state index in [2.05, 4.69) is 126 Å². The van der Waals surface area contributed by atoms with E-state index in [-0.39, 0.29) is 26.1 Å². The van der Waals surface area contributed by atoms with Crippen LogP contribution in [0.1, 0.15) is 56.2 Å². The second-order valence-electron chi connectivity index (χ2n) is 11.1. The molecule has 1 saturated carbocycles. The summed E-state index contributed by atoms with van der Waals surface area (Å²) in [7, 11) is -11.4. The number of aliphatic imine (C=N–C) groups is 1. The quantitative estimate of drug-likeness (QED) is 0.185. The van der Waals surface area contributed by atoms with Gasteiger partial charge in [-0.3, -0.25) is 0 Å². The maximum Gasteiger partial charge on any atom is 0 e. The van der Waals surface area contributed by atoms with Crippen molar-refractivity contribution in [3.8, 4) is 0 Å². The van der Waals surface area contributed by atoms with Gasteiger partial charge in [-0.2, -0.15) is 0 Å². The summed E-state index contributed by atoms with van der Waals surface area (Å²) in [6, 6.07) is 26.5. The maximum atomic E-state index is 9.87. The number of benzene rings is 3. The molecule has 1 heterocycles. The molecule has 1 aliphatic carbocycles. The van der Waals surface area contributed by atoms with Gasteiger partial charge in [0.1, 0.15) is 6.61 Å². The van der Waals surface area contributed by atoms with Crippen LogP contribution in [0, 0.1) is 45.4 Å². The summed E-state index contributed by atoms with van der Waals surface area (Å²) < 4.78 is 65.3. The van der Waals surface area contributed by atoms with Crippen LogP contribution >= 0.6 is 15.7 Å². The van der Waals surface area contributed by atoms with Crippen LogP contribution in [-0.2, 0) is 24.8 Å². The summed E-state index contributed by atoms with van der Waals surface area (Å²) in [5, 5.41) is 4.05. The molecule has 3 aromatic rings. The molecule has 2 aliphatic rings. The van der Waals surface area contributed by atoms with Crippen LogP contribution in [0.25, 0.3) is 0 Å². The Morgan fingerprint density at radius 3 is 1.53 bits per heavy atom. The molecule has 0 unspecified atom stereocenters. The number of nitrogens with zero attached hydrogens (tertiary/aromatic N) is 1. The van der Waals surface area contributed by atoms with Crippen LogP contribution in [0.3, 0.4) is 0 Å². The standard InChI is InChI=1S/C26H28NOP.C8H12.F6P.Ir/c1-18(2)24-17-28-26(27-24)23-16-19(3)15-20(4)25(23)29(21-11-7-5-8-12-21)22-13-9-6-10-14-22;1-2-4-6-8-7-5-3-1;1-7(2,3,4,5)6;/h5-16,18,24H,17H2,1-4H3;1-2,7-8H,3-6H2;;/q;;-1;/t24-;;;/m1.../s1. The molecule has 5 radical (unpaired) electrons. The van der Waals surface area contributed by atoms with Gasteiger partial charge in [0.15, 0.2) is 0 Å². The van der Waals surface area contributed by atoms with Gasteiger partial charge in [0, 0.05) is 31.0 Å². The molecule has 3 aromatic carbocycles. The minimum absolute atomic E-state index is 0. The van der Waals surface area contributed by atoms with E-state index in [1.54, 1.807) is 0 Å². The van der Waals surface area contributed by atoms with Crippen LogP contribution in [0.15, 0.2) is 77.8 Å². The first-order valence-corrected chi connectivity index (χ1v) is 18.0. The Bertz CT molecular complexity index is 1300. The van der Waals surface area contributed by atoms with E-state index in [0.717, 1.165) is 11.5 Å². The van der Waals surface area contributed by atoms with Crippen molar-refractivity contribution >= 4 is 37.5 Å². The zero-order valence-electron chi connectivity index (χ0n) is 25.8. The van der Waals surface area contributed by atoms with E-state index in [9.17, 15) is 25.2 Å². The molecule has 11 heteroatoms. The van der Waals surface area contributed by atoms with Gasteiger partial charge in [0.25, 0.3) is 0 Å². The fraction of sp³-hybridized carbons (Fsp3) is 0.324. The molecule has 0 bridgehead atoms.